The third-order valence-corrected chi connectivity index (χ3v) is 4.65. The highest BCUT2D eigenvalue weighted by molar-refractivity contribution is 8.13. The van der Waals surface area contributed by atoms with Crippen LogP contribution in [0.15, 0.2) is 45.8 Å². The van der Waals surface area contributed by atoms with Gasteiger partial charge in [0.25, 0.3) is 0 Å². The Balaban J connectivity index is 2.05. The predicted octanol–water partition coefficient (Wildman–Crippen LogP) is 4.90. The molecule has 4 heteroatoms. The summed E-state index contributed by atoms with van der Waals surface area (Å²) in [7, 11) is 0. The van der Waals surface area contributed by atoms with Gasteiger partial charge in [-0.2, -0.15) is 0 Å². The lowest BCUT2D eigenvalue weighted by Gasteiger charge is -2.01. The second-order valence-electron chi connectivity index (χ2n) is 5.02. The molecule has 2 unspecified atom stereocenters. The fourth-order valence-corrected chi connectivity index (χ4v) is 3.62. The lowest BCUT2D eigenvalue weighted by atomic mass is 10.1. The quantitative estimate of drug-likeness (QED) is 0.739. The molecule has 2 rings (SSSR count). The Bertz CT molecular complexity index is 478. The van der Waals surface area contributed by atoms with E-state index < -0.39 is 0 Å². The van der Waals surface area contributed by atoms with Crippen LogP contribution in [0.5, 0.6) is 0 Å². The summed E-state index contributed by atoms with van der Waals surface area (Å²) in [6.07, 6.45) is 1.78. The second-order valence-corrected chi connectivity index (χ2v) is 7.10. The number of hydrogen-bond donors (Lipinski definition) is 0. The number of hydrogen-bond acceptors (Lipinski definition) is 2. The summed E-state index contributed by atoms with van der Waals surface area (Å²) in [5.41, 5.74) is -0.0477. The van der Waals surface area contributed by atoms with Crippen molar-refractivity contribution in [3.63, 3.8) is 0 Å². The van der Waals surface area contributed by atoms with Crippen molar-refractivity contribution >= 4 is 40.1 Å². The van der Waals surface area contributed by atoms with Gasteiger partial charge in [0.1, 0.15) is 4.49 Å². The molecule has 1 aliphatic rings. The van der Waals surface area contributed by atoms with Gasteiger partial charge in [0.15, 0.2) is 5.12 Å². The monoisotopic (exact) mass is 300 g/mol. The van der Waals surface area contributed by atoms with E-state index in [2.05, 4.69) is 13.8 Å². The molecule has 0 amide bonds. The first-order valence-corrected chi connectivity index (χ1v) is 7.29. The summed E-state index contributed by atoms with van der Waals surface area (Å²) in [4.78, 5) is 13.2. The third-order valence-electron chi connectivity index (χ3n) is 3.43. The zero-order valence-electron chi connectivity index (χ0n) is 10.2. The number of carbonyl (C=O) groups excluding carboxylic acids is 1. The van der Waals surface area contributed by atoms with Gasteiger partial charge < -0.3 is 0 Å². The number of halogens is 2. The summed E-state index contributed by atoms with van der Waals surface area (Å²) < 4.78 is 0.244. The van der Waals surface area contributed by atoms with Crippen molar-refractivity contribution in [1.82, 2.24) is 0 Å². The Morgan fingerprint density at radius 3 is 2.44 bits per heavy atom. The zero-order chi connectivity index (χ0) is 13.3. The van der Waals surface area contributed by atoms with Gasteiger partial charge in [0.2, 0.25) is 0 Å². The topological polar surface area (TPSA) is 17.1 Å². The number of rotatable bonds is 3. The van der Waals surface area contributed by atoms with E-state index >= 15 is 0 Å². The molecule has 0 bridgehead atoms. The fourth-order valence-electron chi connectivity index (χ4n) is 2.24. The average Bonchev–Trinajstić information content (AvgIpc) is 2.80. The zero-order valence-corrected chi connectivity index (χ0v) is 12.5. The Morgan fingerprint density at radius 1 is 1.28 bits per heavy atom. The molecule has 1 aliphatic carbocycles. The minimum Gasteiger partial charge on any atom is -0.286 e. The number of allylic oxidation sites excluding steroid dienone is 1. The smallest absolute Gasteiger partial charge is 0.197 e. The largest absolute Gasteiger partial charge is 0.286 e. The number of thioether (sulfide) groups is 1. The molecular formula is C14H14Cl2OS. The van der Waals surface area contributed by atoms with Crippen LogP contribution in [0.3, 0.4) is 0 Å². The minimum atomic E-state index is -0.0477. The molecule has 2 atom stereocenters. The van der Waals surface area contributed by atoms with Crippen LogP contribution in [0.1, 0.15) is 13.8 Å². The Kier molecular flexibility index (Phi) is 4.10. The van der Waals surface area contributed by atoms with E-state index in [1.165, 1.54) is 11.8 Å². The maximum atomic E-state index is 12.2. The second kappa shape index (κ2) is 5.28. The molecule has 0 aliphatic heterocycles. The Hall–Kier alpha value is -0.440. The van der Waals surface area contributed by atoms with Gasteiger partial charge in [-0.05, 0) is 29.5 Å². The molecule has 0 heterocycles. The van der Waals surface area contributed by atoms with Gasteiger partial charge in [-0.1, -0.05) is 67.0 Å². The molecule has 0 radical (unpaired) electrons. The van der Waals surface area contributed by atoms with Crippen molar-refractivity contribution < 1.29 is 4.79 Å². The summed E-state index contributed by atoms with van der Waals surface area (Å²) >= 11 is 12.7. The van der Waals surface area contributed by atoms with Crippen LogP contribution in [0.4, 0.5) is 0 Å². The molecule has 1 aromatic rings. The molecule has 0 N–H and O–H groups in total. The van der Waals surface area contributed by atoms with Gasteiger partial charge >= 0.3 is 0 Å². The van der Waals surface area contributed by atoms with Gasteiger partial charge in [0, 0.05) is 10.8 Å². The normalized spacial score (nSPS) is 24.4. The van der Waals surface area contributed by atoms with Gasteiger partial charge in [-0.3, -0.25) is 4.79 Å². The maximum absolute atomic E-state index is 12.2. The summed E-state index contributed by atoms with van der Waals surface area (Å²) in [6, 6.07) is 9.68. The van der Waals surface area contributed by atoms with E-state index in [9.17, 15) is 4.79 Å². The summed E-state index contributed by atoms with van der Waals surface area (Å²) in [5.74, 6) is 0.140. The Morgan fingerprint density at radius 2 is 1.89 bits per heavy atom. The minimum absolute atomic E-state index is 0.00444. The molecule has 1 saturated carbocycles. The number of benzene rings is 1. The average molecular weight is 301 g/mol. The van der Waals surface area contributed by atoms with Crippen LogP contribution in [-0.2, 0) is 4.79 Å². The van der Waals surface area contributed by atoms with Crippen LogP contribution in [0, 0.1) is 17.3 Å². The van der Waals surface area contributed by atoms with Crippen molar-refractivity contribution in [2.24, 2.45) is 17.3 Å². The standard InChI is InChI=1S/C14H14Cl2OS/c1-14(2)10(8-11(15)16)12(14)13(17)18-9-6-4-3-5-7-9/h3-8,10,12H,1-2H3. The summed E-state index contributed by atoms with van der Waals surface area (Å²) in [6.45, 7) is 4.14. The summed E-state index contributed by atoms with van der Waals surface area (Å²) in [5, 5.41) is 0.182. The lowest BCUT2D eigenvalue weighted by Crippen LogP contribution is -2.00. The van der Waals surface area contributed by atoms with Gasteiger partial charge in [-0.25, -0.2) is 0 Å². The van der Waals surface area contributed by atoms with Gasteiger partial charge in [-0.15, -0.1) is 0 Å². The van der Waals surface area contributed by atoms with E-state index in [1.54, 1.807) is 6.08 Å². The van der Waals surface area contributed by atoms with Crippen molar-refractivity contribution in [1.29, 1.82) is 0 Å². The van der Waals surface area contributed by atoms with E-state index in [0.717, 1.165) is 4.90 Å². The Labute approximate surface area is 122 Å². The van der Waals surface area contributed by atoms with E-state index in [0.29, 0.717) is 0 Å². The van der Waals surface area contributed by atoms with Crippen LogP contribution in [0.2, 0.25) is 0 Å². The first-order valence-electron chi connectivity index (χ1n) is 5.72. The predicted molar refractivity (Wildman–Crippen MR) is 77.9 cm³/mol. The number of carbonyl (C=O) groups is 1. The van der Waals surface area contributed by atoms with Crippen molar-refractivity contribution in [2.45, 2.75) is 18.7 Å². The fraction of sp³-hybridized carbons (Fsp3) is 0.357. The van der Waals surface area contributed by atoms with Crippen molar-refractivity contribution in [2.75, 3.05) is 0 Å². The van der Waals surface area contributed by atoms with E-state index in [1.807, 2.05) is 30.3 Å². The molecule has 96 valence electrons. The first kappa shape index (κ1) is 14.0. The lowest BCUT2D eigenvalue weighted by molar-refractivity contribution is -0.112. The third kappa shape index (κ3) is 2.93. The molecule has 1 aromatic carbocycles. The van der Waals surface area contributed by atoms with E-state index in [-0.39, 0.29) is 26.9 Å². The van der Waals surface area contributed by atoms with Gasteiger partial charge in [0.05, 0.1) is 0 Å². The molecular weight excluding hydrogens is 287 g/mol. The molecule has 1 nitrogen and oxygen atoms in total. The molecule has 0 aromatic heterocycles. The molecule has 0 spiro atoms. The molecule has 0 saturated heterocycles. The first-order chi connectivity index (χ1) is 8.43. The SMILES string of the molecule is CC1(C)C(C=C(Cl)Cl)C1C(=O)Sc1ccccc1. The highest BCUT2D eigenvalue weighted by Crippen LogP contribution is 2.61. The maximum Gasteiger partial charge on any atom is 0.197 e. The van der Waals surface area contributed by atoms with Crippen LogP contribution >= 0.6 is 35.0 Å². The van der Waals surface area contributed by atoms with Crippen LogP contribution in [0.25, 0.3) is 0 Å². The van der Waals surface area contributed by atoms with Crippen molar-refractivity contribution in [3.05, 3.63) is 40.9 Å². The molecule has 18 heavy (non-hydrogen) atoms. The van der Waals surface area contributed by atoms with Crippen LogP contribution in [-0.4, -0.2) is 5.12 Å². The highest BCUT2D eigenvalue weighted by atomic mass is 35.5. The van der Waals surface area contributed by atoms with Crippen molar-refractivity contribution in [3.8, 4) is 0 Å². The van der Waals surface area contributed by atoms with Crippen LogP contribution < -0.4 is 0 Å². The molecule has 1 fully saturated rings. The van der Waals surface area contributed by atoms with E-state index in [4.69, 9.17) is 23.2 Å². The highest BCUT2D eigenvalue weighted by Gasteiger charge is 2.60.